The average Bonchev–Trinajstić information content (AvgIpc) is 3.09. The lowest BCUT2D eigenvalue weighted by Crippen LogP contribution is -2.47. The topological polar surface area (TPSA) is 37.2 Å². The molecule has 1 aliphatic rings. The van der Waals surface area contributed by atoms with E-state index >= 15 is 0 Å². The molecule has 142 valence electrons. The lowest BCUT2D eigenvalue weighted by molar-refractivity contribution is 0.0557. The van der Waals surface area contributed by atoms with E-state index in [1.165, 1.54) is 0 Å². The third kappa shape index (κ3) is 3.70. The molecule has 2 aromatic heterocycles. The van der Waals surface area contributed by atoms with Crippen LogP contribution in [0, 0.1) is 0 Å². The SMILES string of the molecule is C[C@@H](c1nc2ccccc2n1C(F)F)N1CCN(Cc2ccccn2)CC1. The lowest BCUT2D eigenvalue weighted by Gasteiger charge is -2.37. The van der Waals surface area contributed by atoms with Crippen LogP contribution in [-0.4, -0.2) is 50.5 Å². The van der Waals surface area contributed by atoms with Crippen molar-refractivity contribution in [3.8, 4) is 0 Å². The highest BCUT2D eigenvalue weighted by molar-refractivity contribution is 5.76. The molecule has 7 heteroatoms. The predicted molar refractivity (Wildman–Crippen MR) is 100 cm³/mol. The molecule has 0 unspecified atom stereocenters. The average molecular weight is 371 g/mol. The molecule has 0 spiro atoms. The number of imidazole rings is 1. The van der Waals surface area contributed by atoms with Crippen molar-refractivity contribution >= 4 is 11.0 Å². The van der Waals surface area contributed by atoms with Gasteiger partial charge < -0.3 is 0 Å². The predicted octanol–water partition coefficient (Wildman–Crippen LogP) is 3.71. The smallest absolute Gasteiger partial charge is 0.295 e. The third-order valence-corrected chi connectivity index (χ3v) is 5.26. The van der Waals surface area contributed by atoms with Crippen LogP contribution in [0.15, 0.2) is 48.7 Å². The van der Waals surface area contributed by atoms with Crippen LogP contribution in [0.3, 0.4) is 0 Å². The fourth-order valence-corrected chi connectivity index (χ4v) is 3.76. The van der Waals surface area contributed by atoms with Gasteiger partial charge in [0.2, 0.25) is 0 Å². The summed E-state index contributed by atoms with van der Waals surface area (Å²) in [7, 11) is 0. The molecular formula is C20H23F2N5. The molecule has 1 fully saturated rings. The van der Waals surface area contributed by atoms with E-state index in [4.69, 9.17) is 0 Å². The molecule has 3 aromatic rings. The summed E-state index contributed by atoms with van der Waals surface area (Å²) in [5.74, 6) is 0.435. The van der Waals surface area contributed by atoms with Crippen molar-refractivity contribution in [1.82, 2.24) is 24.3 Å². The molecular weight excluding hydrogens is 348 g/mol. The largest absolute Gasteiger partial charge is 0.320 e. The van der Waals surface area contributed by atoms with Crippen molar-refractivity contribution in [2.45, 2.75) is 26.1 Å². The molecule has 0 N–H and O–H groups in total. The Kier molecular flexibility index (Phi) is 5.13. The second-order valence-corrected chi connectivity index (χ2v) is 6.92. The van der Waals surface area contributed by atoms with Crippen LogP contribution in [0.5, 0.6) is 0 Å². The maximum absolute atomic E-state index is 13.7. The molecule has 27 heavy (non-hydrogen) atoms. The number of hydrogen-bond donors (Lipinski definition) is 0. The van der Waals surface area contributed by atoms with Crippen molar-refractivity contribution in [3.63, 3.8) is 0 Å². The number of hydrogen-bond acceptors (Lipinski definition) is 4. The standard InChI is InChI=1S/C20H23F2N5/c1-15(19-24-17-7-2-3-8-18(17)27(19)20(21)22)26-12-10-25(11-13-26)14-16-6-4-5-9-23-16/h2-9,15,20H,10-14H2,1H3/t15-/m0/s1. The highest BCUT2D eigenvalue weighted by Crippen LogP contribution is 2.29. The number of benzene rings is 1. The van der Waals surface area contributed by atoms with Gasteiger partial charge in [0.25, 0.3) is 0 Å². The minimum Gasteiger partial charge on any atom is -0.295 e. The Bertz CT molecular complexity index is 888. The fraction of sp³-hybridized carbons (Fsp3) is 0.400. The minimum absolute atomic E-state index is 0.164. The second kappa shape index (κ2) is 7.70. The van der Waals surface area contributed by atoms with Gasteiger partial charge in [0, 0.05) is 38.9 Å². The van der Waals surface area contributed by atoms with E-state index in [0.29, 0.717) is 16.9 Å². The van der Waals surface area contributed by atoms with Crippen molar-refractivity contribution in [2.24, 2.45) is 0 Å². The van der Waals surface area contributed by atoms with Gasteiger partial charge in [-0.2, -0.15) is 8.78 Å². The molecule has 1 saturated heterocycles. The molecule has 1 aliphatic heterocycles. The van der Waals surface area contributed by atoms with Crippen molar-refractivity contribution in [3.05, 3.63) is 60.2 Å². The van der Waals surface area contributed by atoms with Gasteiger partial charge in [-0.05, 0) is 31.2 Å². The van der Waals surface area contributed by atoms with Gasteiger partial charge in [-0.1, -0.05) is 18.2 Å². The number of rotatable bonds is 5. The lowest BCUT2D eigenvalue weighted by atomic mass is 10.2. The number of para-hydroxylation sites is 2. The summed E-state index contributed by atoms with van der Waals surface area (Å²) in [4.78, 5) is 13.5. The summed E-state index contributed by atoms with van der Waals surface area (Å²) < 4.78 is 28.5. The number of pyridine rings is 1. The first-order valence-corrected chi connectivity index (χ1v) is 9.25. The molecule has 5 nitrogen and oxygen atoms in total. The van der Waals surface area contributed by atoms with Crippen LogP contribution < -0.4 is 0 Å². The molecule has 1 atom stereocenters. The van der Waals surface area contributed by atoms with Crippen molar-refractivity contribution in [2.75, 3.05) is 26.2 Å². The van der Waals surface area contributed by atoms with Crippen LogP contribution in [0.4, 0.5) is 8.78 Å². The maximum atomic E-state index is 13.7. The summed E-state index contributed by atoms with van der Waals surface area (Å²) in [6.07, 6.45) is 1.81. The Balaban J connectivity index is 1.47. The van der Waals surface area contributed by atoms with Crippen LogP contribution in [-0.2, 0) is 6.54 Å². The minimum atomic E-state index is -2.60. The quantitative estimate of drug-likeness (QED) is 0.685. The fourth-order valence-electron chi connectivity index (χ4n) is 3.76. The zero-order valence-corrected chi connectivity index (χ0v) is 15.3. The summed E-state index contributed by atoms with van der Waals surface area (Å²) in [5.41, 5.74) is 2.16. The first kappa shape index (κ1) is 18.0. The molecule has 3 heterocycles. The monoisotopic (exact) mass is 371 g/mol. The van der Waals surface area contributed by atoms with Crippen LogP contribution in [0.2, 0.25) is 0 Å². The number of fused-ring (bicyclic) bond motifs is 1. The number of piperazine rings is 1. The molecule has 0 aliphatic carbocycles. The Morgan fingerprint density at radius 1 is 1.00 bits per heavy atom. The molecule has 1 aromatic carbocycles. The Morgan fingerprint density at radius 2 is 1.74 bits per heavy atom. The molecule has 0 radical (unpaired) electrons. The van der Waals surface area contributed by atoms with E-state index in [0.717, 1.165) is 43.0 Å². The Morgan fingerprint density at radius 3 is 2.44 bits per heavy atom. The van der Waals surface area contributed by atoms with Gasteiger partial charge in [0.1, 0.15) is 5.82 Å². The highest BCUT2D eigenvalue weighted by Gasteiger charge is 2.28. The van der Waals surface area contributed by atoms with E-state index in [-0.39, 0.29) is 6.04 Å². The van der Waals surface area contributed by atoms with E-state index < -0.39 is 6.55 Å². The number of alkyl halides is 2. The van der Waals surface area contributed by atoms with Crippen LogP contribution >= 0.6 is 0 Å². The Labute approximate surface area is 157 Å². The molecule has 0 amide bonds. The number of aromatic nitrogens is 3. The summed E-state index contributed by atoms with van der Waals surface area (Å²) in [6.45, 7) is 3.60. The normalized spacial score (nSPS) is 17.6. The van der Waals surface area contributed by atoms with Gasteiger partial charge in [-0.15, -0.1) is 0 Å². The summed E-state index contributed by atoms with van der Waals surface area (Å²) in [6, 6.07) is 12.9. The first-order chi connectivity index (χ1) is 13.1. The van der Waals surface area contributed by atoms with Crippen molar-refractivity contribution < 1.29 is 8.78 Å². The summed E-state index contributed by atoms with van der Waals surface area (Å²) >= 11 is 0. The van der Waals surface area contributed by atoms with E-state index in [1.807, 2.05) is 37.4 Å². The van der Waals surface area contributed by atoms with Gasteiger partial charge in [0.05, 0.1) is 22.8 Å². The van der Waals surface area contributed by atoms with Gasteiger partial charge in [0.15, 0.2) is 0 Å². The second-order valence-electron chi connectivity index (χ2n) is 6.92. The summed E-state index contributed by atoms with van der Waals surface area (Å²) in [5, 5.41) is 0. The molecule has 0 bridgehead atoms. The zero-order chi connectivity index (χ0) is 18.8. The Hall–Kier alpha value is -2.38. The van der Waals surface area contributed by atoms with E-state index in [9.17, 15) is 8.78 Å². The van der Waals surface area contributed by atoms with Crippen LogP contribution in [0.1, 0.15) is 31.0 Å². The van der Waals surface area contributed by atoms with Gasteiger partial charge in [-0.3, -0.25) is 19.4 Å². The van der Waals surface area contributed by atoms with Gasteiger partial charge in [-0.25, -0.2) is 4.98 Å². The number of nitrogens with zero attached hydrogens (tertiary/aromatic N) is 5. The number of halogens is 2. The first-order valence-electron chi connectivity index (χ1n) is 9.25. The highest BCUT2D eigenvalue weighted by atomic mass is 19.3. The zero-order valence-electron chi connectivity index (χ0n) is 15.3. The van der Waals surface area contributed by atoms with E-state index in [1.54, 1.807) is 18.2 Å². The molecule has 4 rings (SSSR count). The van der Waals surface area contributed by atoms with Crippen molar-refractivity contribution in [1.29, 1.82) is 0 Å². The maximum Gasteiger partial charge on any atom is 0.320 e. The van der Waals surface area contributed by atoms with Crippen LogP contribution in [0.25, 0.3) is 11.0 Å². The van der Waals surface area contributed by atoms with E-state index in [2.05, 4.69) is 19.8 Å². The van der Waals surface area contributed by atoms with Gasteiger partial charge >= 0.3 is 6.55 Å². The molecule has 0 saturated carbocycles. The third-order valence-electron chi connectivity index (χ3n) is 5.26.